The van der Waals surface area contributed by atoms with Crippen LogP contribution in [0.2, 0.25) is 0 Å². The van der Waals surface area contributed by atoms with E-state index in [0.29, 0.717) is 29.1 Å². The Kier molecular flexibility index (Phi) is 5.21. The van der Waals surface area contributed by atoms with Gasteiger partial charge in [0.05, 0.1) is 42.6 Å². The van der Waals surface area contributed by atoms with Crippen molar-refractivity contribution in [3.8, 4) is 5.75 Å². The molecule has 0 aliphatic heterocycles. The number of fused-ring (bicyclic) bond motifs is 1. The highest BCUT2D eigenvalue weighted by molar-refractivity contribution is 6.04. The van der Waals surface area contributed by atoms with Crippen molar-refractivity contribution in [1.82, 2.24) is 25.1 Å². The maximum absolute atomic E-state index is 12.2. The average Bonchev–Trinajstić information content (AvgIpc) is 3.42. The lowest BCUT2D eigenvalue weighted by molar-refractivity contribution is 0.0941. The molecule has 4 rings (SSSR count). The second kappa shape index (κ2) is 7.93. The number of carbonyl (C=O) groups excluding carboxylic acids is 1. The maximum Gasteiger partial charge on any atom is 0.270 e. The predicted molar refractivity (Wildman–Crippen MR) is 103 cm³/mol. The van der Waals surface area contributed by atoms with E-state index in [4.69, 9.17) is 9.84 Å². The molecule has 146 valence electrons. The Morgan fingerprint density at radius 3 is 3.00 bits per heavy atom. The first-order valence-corrected chi connectivity index (χ1v) is 9.43. The van der Waals surface area contributed by atoms with Gasteiger partial charge in [0.25, 0.3) is 5.91 Å². The summed E-state index contributed by atoms with van der Waals surface area (Å²) in [6, 6.07) is 3.77. The number of nitrogens with one attached hydrogen (secondary N) is 1. The Bertz CT molecular complexity index is 997. The van der Waals surface area contributed by atoms with E-state index in [1.165, 1.54) is 12.8 Å². The first-order valence-electron chi connectivity index (χ1n) is 9.43. The molecular weight excluding hydrogens is 358 g/mol. The van der Waals surface area contributed by atoms with E-state index < -0.39 is 0 Å². The Morgan fingerprint density at radius 2 is 2.25 bits per heavy atom. The van der Waals surface area contributed by atoms with Crippen LogP contribution in [-0.2, 0) is 6.54 Å². The van der Waals surface area contributed by atoms with Crippen molar-refractivity contribution in [2.24, 2.45) is 5.92 Å². The monoisotopic (exact) mass is 381 g/mol. The van der Waals surface area contributed by atoms with Crippen molar-refractivity contribution in [3.63, 3.8) is 0 Å². The molecule has 2 N–H and O–H groups in total. The van der Waals surface area contributed by atoms with Gasteiger partial charge < -0.3 is 15.2 Å². The highest BCUT2D eigenvalue weighted by Gasteiger charge is 2.22. The van der Waals surface area contributed by atoms with Gasteiger partial charge in [-0.1, -0.05) is 0 Å². The molecule has 0 atom stereocenters. The number of ether oxygens (including phenoxy) is 1. The summed E-state index contributed by atoms with van der Waals surface area (Å²) in [7, 11) is 0. The van der Waals surface area contributed by atoms with Gasteiger partial charge in [-0.2, -0.15) is 5.10 Å². The first-order chi connectivity index (χ1) is 13.6. The van der Waals surface area contributed by atoms with E-state index in [1.807, 2.05) is 13.0 Å². The minimum absolute atomic E-state index is 0.119. The smallest absolute Gasteiger partial charge is 0.270 e. The number of amides is 1. The lowest BCUT2D eigenvalue weighted by Gasteiger charge is -2.09. The average molecular weight is 381 g/mol. The van der Waals surface area contributed by atoms with E-state index in [0.717, 1.165) is 23.6 Å². The van der Waals surface area contributed by atoms with Gasteiger partial charge in [-0.3, -0.25) is 19.4 Å². The molecule has 1 aliphatic rings. The third-order valence-electron chi connectivity index (χ3n) is 4.71. The van der Waals surface area contributed by atoms with Crippen LogP contribution in [0.1, 0.15) is 34.6 Å². The highest BCUT2D eigenvalue weighted by Crippen LogP contribution is 2.30. The van der Waals surface area contributed by atoms with Crippen LogP contribution in [0, 0.1) is 12.8 Å². The molecule has 28 heavy (non-hydrogen) atoms. The van der Waals surface area contributed by atoms with Gasteiger partial charge in [-0.05, 0) is 43.4 Å². The summed E-state index contributed by atoms with van der Waals surface area (Å²) in [4.78, 5) is 20.9. The van der Waals surface area contributed by atoms with Crippen LogP contribution in [0.4, 0.5) is 0 Å². The first kappa shape index (κ1) is 18.4. The molecule has 1 aliphatic carbocycles. The van der Waals surface area contributed by atoms with E-state index in [1.54, 1.807) is 29.3 Å². The number of carbonyl (C=O) groups is 1. The molecule has 1 amide bonds. The number of aliphatic hydroxyl groups excluding tert-OH is 1. The summed E-state index contributed by atoms with van der Waals surface area (Å²) >= 11 is 0. The number of hydrogen-bond donors (Lipinski definition) is 2. The lowest BCUT2D eigenvalue weighted by Crippen LogP contribution is -2.27. The van der Waals surface area contributed by atoms with Gasteiger partial charge in [0, 0.05) is 18.9 Å². The molecule has 0 radical (unpaired) electrons. The molecule has 1 saturated carbocycles. The molecule has 0 spiro atoms. The van der Waals surface area contributed by atoms with Gasteiger partial charge in [0.2, 0.25) is 0 Å². The van der Waals surface area contributed by atoms with E-state index in [2.05, 4.69) is 20.4 Å². The minimum Gasteiger partial charge on any atom is -0.491 e. The van der Waals surface area contributed by atoms with Crippen molar-refractivity contribution in [1.29, 1.82) is 0 Å². The SMILES string of the molecule is Cc1cc(Cn2cc3c(C(=O)NCCO)nccc3n2)ncc1OCC1CC1. The van der Waals surface area contributed by atoms with Gasteiger partial charge >= 0.3 is 0 Å². The zero-order chi connectivity index (χ0) is 19.5. The summed E-state index contributed by atoms with van der Waals surface area (Å²) < 4.78 is 7.58. The normalized spacial score (nSPS) is 13.6. The second-order valence-electron chi connectivity index (χ2n) is 7.09. The number of hydrogen-bond acceptors (Lipinski definition) is 6. The third-order valence-corrected chi connectivity index (χ3v) is 4.71. The topological polar surface area (TPSA) is 102 Å². The lowest BCUT2D eigenvalue weighted by atomic mass is 10.2. The van der Waals surface area contributed by atoms with Crippen LogP contribution in [0.5, 0.6) is 5.75 Å². The number of nitrogens with zero attached hydrogens (tertiary/aromatic N) is 4. The maximum atomic E-state index is 12.2. The number of pyridine rings is 2. The van der Waals surface area contributed by atoms with Gasteiger partial charge in [0.1, 0.15) is 11.4 Å². The fraction of sp³-hybridized carbons (Fsp3) is 0.400. The zero-order valence-corrected chi connectivity index (χ0v) is 15.8. The molecular formula is C20H23N5O3. The molecule has 3 aromatic heterocycles. The quantitative estimate of drug-likeness (QED) is 0.616. The van der Waals surface area contributed by atoms with Crippen LogP contribution >= 0.6 is 0 Å². The number of rotatable bonds is 8. The number of aliphatic hydroxyl groups is 1. The van der Waals surface area contributed by atoms with Crippen molar-refractivity contribution < 1.29 is 14.6 Å². The summed E-state index contributed by atoms with van der Waals surface area (Å²) in [6.07, 6.45) is 7.64. The minimum atomic E-state index is -0.328. The second-order valence-corrected chi connectivity index (χ2v) is 7.09. The molecule has 0 aromatic carbocycles. The standard InChI is InChI=1S/C20H23N5O3/c1-13-8-15(23-9-18(13)28-12-14-2-3-14)10-25-11-16-17(24-25)4-5-21-19(16)20(27)22-6-7-26/h4-5,8-9,11,14,26H,2-3,6-7,10,12H2,1H3,(H,22,27). The van der Waals surface area contributed by atoms with E-state index >= 15 is 0 Å². The Balaban J connectivity index is 1.51. The number of aryl methyl sites for hydroxylation is 1. The van der Waals surface area contributed by atoms with E-state index in [9.17, 15) is 4.79 Å². The fourth-order valence-corrected chi connectivity index (χ4v) is 3.01. The molecule has 0 unspecified atom stereocenters. The predicted octanol–water partition coefficient (Wildman–Crippen LogP) is 1.69. The zero-order valence-electron chi connectivity index (χ0n) is 15.8. The van der Waals surface area contributed by atoms with Crippen LogP contribution in [0.15, 0.2) is 30.7 Å². The molecule has 1 fully saturated rings. The van der Waals surface area contributed by atoms with Crippen LogP contribution < -0.4 is 10.1 Å². The largest absolute Gasteiger partial charge is 0.491 e. The van der Waals surface area contributed by atoms with Crippen molar-refractivity contribution in [2.75, 3.05) is 19.8 Å². The van der Waals surface area contributed by atoms with Gasteiger partial charge in [0.15, 0.2) is 0 Å². The molecule has 0 bridgehead atoms. The van der Waals surface area contributed by atoms with Crippen LogP contribution in [0.3, 0.4) is 0 Å². The van der Waals surface area contributed by atoms with E-state index in [-0.39, 0.29) is 19.1 Å². The molecule has 8 nitrogen and oxygen atoms in total. The van der Waals surface area contributed by atoms with Crippen molar-refractivity contribution >= 4 is 16.8 Å². The number of aromatic nitrogens is 4. The van der Waals surface area contributed by atoms with Crippen LogP contribution in [-0.4, -0.2) is 50.5 Å². The van der Waals surface area contributed by atoms with Crippen molar-refractivity contribution in [3.05, 3.63) is 47.7 Å². The third kappa shape index (κ3) is 4.12. The Labute approximate surface area is 162 Å². The fourth-order valence-electron chi connectivity index (χ4n) is 3.01. The summed E-state index contributed by atoms with van der Waals surface area (Å²) in [5.74, 6) is 1.20. The Morgan fingerprint density at radius 1 is 1.39 bits per heavy atom. The summed E-state index contributed by atoms with van der Waals surface area (Å²) in [5.41, 5.74) is 2.90. The molecule has 3 heterocycles. The van der Waals surface area contributed by atoms with Gasteiger partial charge in [-0.15, -0.1) is 0 Å². The summed E-state index contributed by atoms with van der Waals surface area (Å²) in [5, 5.41) is 16.7. The van der Waals surface area contributed by atoms with Gasteiger partial charge in [-0.25, -0.2) is 0 Å². The molecule has 0 saturated heterocycles. The highest BCUT2D eigenvalue weighted by atomic mass is 16.5. The molecule has 8 heteroatoms. The van der Waals surface area contributed by atoms with Crippen LogP contribution in [0.25, 0.3) is 10.9 Å². The summed E-state index contributed by atoms with van der Waals surface area (Å²) in [6.45, 7) is 3.33. The Hall–Kier alpha value is -3.00. The van der Waals surface area contributed by atoms with Crippen molar-refractivity contribution in [2.45, 2.75) is 26.3 Å². The molecule has 3 aromatic rings.